The minimum Gasteiger partial charge on any atom is -0.384 e. The first-order chi connectivity index (χ1) is 8.83. The lowest BCUT2D eigenvalue weighted by molar-refractivity contribution is -0.120. The lowest BCUT2D eigenvalue weighted by Crippen LogP contribution is -2.43. The van der Waals surface area contributed by atoms with E-state index in [1.165, 1.54) is 0 Å². The van der Waals surface area contributed by atoms with Gasteiger partial charge in [-0.2, -0.15) is 0 Å². The van der Waals surface area contributed by atoms with Gasteiger partial charge in [-0.25, -0.2) is 9.97 Å². The van der Waals surface area contributed by atoms with E-state index in [4.69, 9.17) is 5.73 Å². The molecule has 1 aliphatic rings. The van der Waals surface area contributed by atoms with Crippen LogP contribution in [-0.2, 0) is 4.79 Å². The van der Waals surface area contributed by atoms with Gasteiger partial charge in [-0.3, -0.25) is 4.79 Å². The molecule has 1 aliphatic carbocycles. The number of nitrogens with two attached hydrogens (primary N) is 1. The first-order valence-corrected chi connectivity index (χ1v) is 6.53. The normalized spacial score (nSPS) is 15.1. The molecule has 0 saturated heterocycles. The molecule has 0 atom stereocenters. The number of rotatable bonds is 4. The maximum atomic E-state index is 11.7. The fourth-order valence-electron chi connectivity index (χ4n) is 1.73. The van der Waals surface area contributed by atoms with Gasteiger partial charge in [-0.1, -0.05) is 0 Å². The van der Waals surface area contributed by atoms with Crippen LogP contribution in [0, 0.1) is 0 Å². The number of nitrogens with zero attached hydrogens (tertiary/aromatic N) is 2. The summed E-state index contributed by atoms with van der Waals surface area (Å²) in [5, 5.41) is 5.87. The van der Waals surface area contributed by atoms with E-state index in [0.29, 0.717) is 17.6 Å². The molecule has 0 unspecified atom stereocenters. The van der Waals surface area contributed by atoms with Crippen molar-refractivity contribution in [2.45, 2.75) is 45.1 Å². The lowest BCUT2D eigenvalue weighted by atomic mass is 10.1. The zero-order chi connectivity index (χ0) is 14.0. The molecular weight excluding hydrogens is 242 g/mol. The molecule has 1 aromatic heterocycles. The van der Waals surface area contributed by atoms with Crippen molar-refractivity contribution in [1.82, 2.24) is 15.3 Å². The number of hydrogen-bond donors (Lipinski definition) is 3. The van der Waals surface area contributed by atoms with Gasteiger partial charge in [0.05, 0.1) is 6.54 Å². The number of carbonyl (C=O) groups excluding carboxylic acids is 1. The zero-order valence-electron chi connectivity index (χ0n) is 11.7. The Kier molecular flexibility index (Phi) is 3.59. The van der Waals surface area contributed by atoms with Gasteiger partial charge in [0.25, 0.3) is 0 Å². The molecule has 0 spiro atoms. The summed E-state index contributed by atoms with van der Waals surface area (Å²) in [7, 11) is 0. The predicted molar refractivity (Wildman–Crippen MR) is 74.8 cm³/mol. The van der Waals surface area contributed by atoms with Crippen molar-refractivity contribution in [3.8, 4) is 0 Å². The van der Waals surface area contributed by atoms with Crippen LogP contribution in [0.15, 0.2) is 6.07 Å². The minimum atomic E-state index is -0.233. The van der Waals surface area contributed by atoms with Crippen LogP contribution in [0.4, 0.5) is 11.6 Å². The molecule has 19 heavy (non-hydrogen) atoms. The van der Waals surface area contributed by atoms with E-state index in [9.17, 15) is 4.79 Å². The Morgan fingerprint density at radius 3 is 2.68 bits per heavy atom. The van der Waals surface area contributed by atoms with E-state index < -0.39 is 0 Å². The topological polar surface area (TPSA) is 92.9 Å². The number of amides is 1. The number of aromatic nitrogens is 2. The number of hydrogen-bond acceptors (Lipinski definition) is 5. The molecule has 0 radical (unpaired) electrons. The van der Waals surface area contributed by atoms with E-state index in [-0.39, 0.29) is 18.0 Å². The maximum Gasteiger partial charge on any atom is 0.239 e. The Morgan fingerprint density at radius 2 is 2.11 bits per heavy atom. The number of nitrogens with one attached hydrogen (secondary N) is 2. The number of anilines is 2. The largest absolute Gasteiger partial charge is 0.384 e. The molecule has 0 aliphatic heterocycles. The highest BCUT2D eigenvalue weighted by Gasteiger charge is 2.27. The van der Waals surface area contributed by atoms with Crippen molar-refractivity contribution < 1.29 is 4.79 Å². The second-order valence-corrected chi connectivity index (χ2v) is 5.96. The summed E-state index contributed by atoms with van der Waals surface area (Å²) in [6.07, 6.45) is 2.24. The van der Waals surface area contributed by atoms with Gasteiger partial charge in [0.15, 0.2) is 0 Å². The summed E-state index contributed by atoms with van der Waals surface area (Å²) in [4.78, 5) is 20.3. The highest BCUT2D eigenvalue weighted by molar-refractivity contribution is 5.81. The quantitative estimate of drug-likeness (QED) is 0.760. The van der Waals surface area contributed by atoms with Crippen molar-refractivity contribution in [2.24, 2.45) is 0 Å². The van der Waals surface area contributed by atoms with Gasteiger partial charge in [0.2, 0.25) is 5.91 Å². The molecule has 0 bridgehead atoms. The summed E-state index contributed by atoms with van der Waals surface area (Å²) < 4.78 is 0. The SMILES string of the molecule is CC(C)(C)NC(=O)CNc1cc(N)nc(C2CC2)n1. The van der Waals surface area contributed by atoms with Crippen molar-refractivity contribution in [3.05, 3.63) is 11.9 Å². The molecule has 1 heterocycles. The van der Waals surface area contributed by atoms with Gasteiger partial charge in [0.1, 0.15) is 17.5 Å². The Morgan fingerprint density at radius 1 is 1.42 bits per heavy atom. The monoisotopic (exact) mass is 263 g/mol. The van der Waals surface area contributed by atoms with E-state index in [1.807, 2.05) is 20.8 Å². The second-order valence-electron chi connectivity index (χ2n) is 5.96. The molecule has 1 fully saturated rings. The molecule has 6 heteroatoms. The van der Waals surface area contributed by atoms with E-state index in [1.54, 1.807) is 6.07 Å². The number of carbonyl (C=O) groups is 1. The smallest absolute Gasteiger partial charge is 0.239 e. The molecule has 2 rings (SSSR count). The van der Waals surface area contributed by atoms with Crippen molar-refractivity contribution >= 4 is 17.5 Å². The molecule has 1 saturated carbocycles. The fraction of sp³-hybridized carbons (Fsp3) is 0.615. The standard InChI is InChI=1S/C13H21N5O/c1-13(2,3)18-11(19)7-15-10-6-9(14)16-12(17-10)8-4-5-8/h6,8H,4-5,7H2,1-3H3,(H,18,19)(H3,14,15,16,17). The van der Waals surface area contributed by atoms with Crippen LogP contribution in [0.3, 0.4) is 0 Å². The summed E-state index contributed by atoms with van der Waals surface area (Å²) in [5.41, 5.74) is 5.51. The molecule has 6 nitrogen and oxygen atoms in total. The Bertz CT molecular complexity index is 476. The first kappa shape index (κ1) is 13.6. The van der Waals surface area contributed by atoms with Crippen LogP contribution >= 0.6 is 0 Å². The zero-order valence-corrected chi connectivity index (χ0v) is 11.7. The van der Waals surface area contributed by atoms with E-state index >= 15 is 0 Å². The predicted octanol–water partition coefficient (Wildman–Crippen LogP) is 1.26. The number of nitrogen functional groups attached to an aromatic ring is 1. The van der Waals surface area contributed by atoms with Crippen LogP contribution in [0.2, 0.25) is 0 Å². The van der Waals surface area contributed by atoms with Crippen LogP contribution < -0.4 is 16.4 Å². The summed E-state index contributed by atoms with van der Waals surface area (Å²) in [6.45, 7) is 6.01. The molecular formula is C13H21N5O. The highest BCUT2D eigenvalue weighted by atomic mass is 16.2. The van der Waals surface area contributed by atoms with Gasteiger partial charge in [0, 0.05) is 17.5 Å². The molecule has 4 N–H and O–H groups in total. The lowest BCUT2D eigenvalue weighted by Gasteiger charge is -2.20. The average Bonchev–Trinajstić information content (AvgIpc) is 3.07. The summed E-state index contributed by atoms with van der Waals surface area (Å²) >= 11 is 0. The summed E-state index contributed by atoms with van der Waals surface area (Å²) in [6, 6.07) is 1.65. The van der Waals surface area contributed by atoms with Crippen LogP contribution in [0.1, 0.15) is 45.4 Å². The van der Waals surface area contributed by atoms with Crippen molar-refractivity contribution in [3.63, 3.8) is 0 Å². The van der Waals surface area contributed by atoms with Gasteiger partial charge in [-0.05, 0) is 33.6 Å². The molecule has 1 amide bonds. The Balaban J connectivity index is 1.94. The van der Waals surface area contributed by atoms with Crippen LogP contribution in [-0.4, -0.2) is 28.0 Å². The first-order valence-electron chi connectivity index (χ1n) is 6.53. The fourth-order valence-corrected chi connectivity index (χ4v) is 1.73. The Hall–Kier alpha value is -1.85. The third kappa shape index (κ3) is 4.39. The third-order valence-electron chi connectivity index (χ3n) is 2.65. The third-order valence-corrected chi connectivity index (χ3v) is 2.65. The van der Waals surface area contributed by atoms with Gasteiger partial charge in [-0.15, -0.1) is 0 Å². The van der Waals surface area contributed by atoms with Crippen molar-refractivity contribution in [1.29, 1.82) is 0 Å². The summed E-state index contributed by atoms with van der Waals surface area (Å²) in [5.74, 6) is 2.19. The van der Waals surface area contributed by atoms with E-state index in [2.05, 4.69) is 20.6 Å². The second kappa shape index (κ2) is 5.03. The Labute approximate surface area is 113 Å². The maximum absolute atomic E-state index is 11.7. The minimum absolute atomic E-state index is 0.0716. The van der Waals surface area contributed by atoms with Gasteiger partial charge < -0.3 is 16.4 Å². The van der Waals surface area contributed by atoms with Crippen LogP contribution in [0.5, 0.6) is 0 Å². The molecule has 0 aromatic carbocycles. The molecule has 104 valence electrons. The molecule has 1 aromatic rings. The average molecular weight is 263 g/mol. The van der Waals surface area contributed by atoms with E-state index in [0.717, 1.165) is 18.7 Å². The van der Waals surface area contributed by atoms with Gasteiger partial charge >= 0.3 is 0 Å². The van der Waals surface area contributed by atoms with Crippen molar-refractivity contribution in [2.75, 3.05) is 17.6 Å². The highest BCUT2D eigenvalue weighted by Crippen LogP contribution is 2.38. The van der Waals surface area contributed by atoms with Crippen LogP contribution in [0.25, 0.3) is 0 Å².